The van der Waals surface area contributed by atoms with Gasteiger partial charge in [0.2, 0.25) is 0 Å². The van der Waals surface area contributed by atoms with Crippen LogP contribution in [-0.4, -0.2) is 15.4 Å². The van der Waals surface area contributed by atoms with Crippen LogP contribution in [0.3, 0.4) is 0 Å². The maximum atomic E-state index is 11.1. The van der Waals surface area contributed by atoms with Crippen molar-refractivity contribution in [2.24, 2.45) is 0 Å². The van der Waals surface area contributed by atoms with E-state index in [2.05, 4.69) is 9.71 Å². The van der Waals surface area contributed by atoms with Crippen LogP contribution in [0.2, 0.25) is 0 Å². The molecule has 0 saturated carbocycles. The van der Waals surface area contributed by atoms with Gasteiger partial charge in [-0.15, -0.1) is 11.3 Å². The number of nitrogens with zero attached hydrogens (tertiary/aromatic N) is 1. The zero-order valence-corrected chi connectivity index (χ0v) is 9.46. The predicted molar refractivity (Wildman–Crippen MR) is 56.6 cm³/mol. The lowest BCUT2D eigenvalue weighted by Crippen LogP contribution is -2.07. The van der Waals surface area contributed by atoms with Crippen molar-refractivity contribution in [1.82, 2.24) is 4.98 Å². The van der Waals surface area contributed by atoms with Crippen molar-refractivity contribution in [3.63, 3.8) is 0 Å². The van der Waals surface area contributed by atoms with E-state index < -0.39 is 9.92 Å². The Labute approximate surface area is 82.5 Å². The first-order chi connectivity index (χ1) is 5.88. The summed E-state index contributed by atoms with van der Waals surface area (Å²) in [7, 11) is -2.69. The van der Waals surface area contributed by atoms with Gasteiger partial charge in [0.05, 0.1) is 5.69 Å². The number of nitrogens with one attached hydrogen (secondary N) is 2. The summed E-state index contributed by atoms with van der Waals surface area (Å²) in [6, 6.07) is 0. The number of hydrogen-bond donors (Lipinski definition) is 2. The molecule has 1 unspecified atom stereocenters. The molecule has 6 heteroatoms. The lowest BCUT2D eigenvalue weighted by molar-refractivity contribution is 0.682. The molecule has 1 atom stereocenters. The highest BCUT2D eigenvalue weighted by Crippen LogP contribution is 2.21. The predicted octanol–water partition coefficient (Wildman–Crippen LogP) is 2.27. The van der Waals surface area contributed by atoms with E-state index in [1.165, 1.54) is 17.6 Å². The number of aromatic nitrogens is 1. The summed E-state index contributed by atoms with van der Waals surface area (Å²) in [5.41, 5.74) is 0.969. The van der Waals surface area contributed by atoms with Crippen LogP contribution in [0.5, 0.6) is 0 Å². The molecule has 0 amide bonds. The molecule has 4 nitrogen and oxygen atoms in total. The first-order valence-corrected chi connectivity index (χ1v) is 6.70. The van der Waals surface area contributed by atoms with E-state index in [0.29, 0.717) is 11.0 Å². The van der Waals surface area contributed by atoms with Crippen molar-refractivity contribution in [3.05, 3.63) is 11.1 Å². The molecule has 0 aliphatic carbocycles. The van der Waals surface area contributed by atoms with E-state index in [4.69, 9.17) is 4.78 Å². The normalized spacial score (nSPS) is 15.7. The summed E-state index contributed by atoms with van der Waals surface area (Å²) < 4.78 is 20.8. The monoisotopic (exact) mass is 219 g/mol. The van der Waals surface area contributed by atoms with Crippen LogP contribution in [0.15, 0.2) is 5.38 Å². The van der Waals surface area contributed by atoms with Gasteiger partial charge in [-0.05, 0) is 5.92 Å². The van der Waals surface area contributed by atoms with Crippen molar-refractivity contribution in [3.8, 4) is 0 Å². The van der Waals surface area contributed by atoms with E-state index in [0.717, 1.165) is 5.69 Å². The van der Waals surface area contributed by atoms with Gasteiger partial charge in [0.1, 0.15) is 9.92 Å². The smallest absolute Gasteiger partial charge is 0.195 e. The average molecular weight is 219 g/mol. The first-order valence-electron chi connectivity index (χ1n) is 3.85. The summed E-state index contributed by atoms with van der Waals surface area (Å²) in [5, 5.41) is 2.48. The van der Waals surface area contributed by atoms with Crippen molar-refractivity contribution in [1.29, 1.82) is 4.78 Å². The standard InChI is InChI=1S/C7H13N3OS2/c1-5(2)6-4-12-7(9-6)10-13(3,8)11/h4-5H,1-3H3,(H2,8,9,10,11). The third kappa shape index (κ3) is 3.31. The Bertz CT molecular complexity index is 380. The lowest BCUT2D eigenvalue weighted by atomic mass is 10.2. The van der Waals surface area contributed by atoms with Crippen LogP contribution in [0, 0.1) is 4.78 Å². The second-order valence-corrected chi connectivity index (χ2v) is 5.93. The molecular weight excluding hydrogens is 206 g/mol. The topological polar surface area (TPSA) is 65.8 Å². The quantitative estimate of drug-likeness (QED) is 0.819. The van der Waals surface area contributed by atoms with Crippen LogP contribution < -0.4 is 4.72 Å². The Kier molecular flexibility index (Phi) is 2.92. The SMILES string of the molecule is CC(C)c1csc(NS(C)(=N)=O)n1. The highest BCUT2D eigenvalue weighted by atomic mass is 32.2. The fourth-order valence-corrected chi connectivity index (χ4v) is 2.53. The second kappa shape index (κ2) is 3.63. The summed E-state index contributed by atoms with van der Waals surface area (Å²) in [6.07, 6.45) is 1.34. The van der Waals surface area contributed by atoms with E-state index in [-0.39, 0.29) is 0 Å². The molecule has 0 saturated heterocycles. The molecule has 0 aliphatic heterocycles. The van der Waals surface area contributed by atoms with Crippen LogP contribution >= 0.6 is 11.3 Å². The minimum atomic E-state index is -2.69. The van der Waals surface area contributed by atoms with Gasteiger partial charge >= 0.3 is 0 Å². The highest BCUT2D eigenvalue weighted by molar-refractivity contribution is 7.93. The van der Waals surface area contributed by atoms with Gasteiger partial charge in [0.15, 0.2) is 5.13 Å². The molecule has 1 aromatic rings. The summed E-state index contributed by atoms with van der Waals surface area (Å²) >= 11 is 1.38. The molecule has 0 bridgehead atoms. The molecule has 2 N–H and O–H groups in total. The largest absolute Gasteiger partial charge is 0.275 e. The number of rotatable bonds is 3. The molecular formula is C7H13N3OS2. The zero-order chi connectivity index (χ0) is 10.1. The fraction of sp³-hybridized carbons (Fsp3) is 0.571. The Hall–Kier alpha value is -0.620. The molecule has 0 aliphatic rings. The Balaban J connectivity index is 2.81. The van der Waals surface area contributed by atoms with Gasteiger partial charge in [-0.1, -0.05) is 13.8 Å². The third-order valence-electron chi connectivity index (χ3n) is 1.40. The van der Waals surface area contributed by atoms with Crippen LogP contribution in [0.25, 0.3) is 0 Å². The minimum absolute atomic E-state index is 0.366. The lowest BCUT2D eigenvalue weighted by Gasteiger charge is -2.00. The molecule has 1 rings (SSSR count). The Morgan fingerprint density at radius 3 is 2.69 bits per heavy atom. The van der Waals surface area contributed by atoms with E-state index in [9.17, 15) is 4.21 Å². The molecule has 0 spiro atoms. The molecule has 0 aromatic carbocycles. The van der Waals surface area contributed by atoms with Crippen molar-refractivity contribution >= 4 is 26.4 Å². The van der Waals surface area contributed by atoms with Crippen LogP contribution in [-0.2, 0) is 9.92 Å². The molecule has 1 aromatic heterocycles. The first kappa shape index (κ1) is 10.5. The van der Waals surface area contributed by atoms with Crippen LogP contribution in [0.1, 0.15) is 25.5 Å². The average Bonchev–Trinajstić information content (AvgIpc) is 2.31. The van der Waals surface area contributed by atoms with E-state index >= 15 is 0 Å². The van der Waals surface area contributed by atoms with E-state index in [1.807, 2.05) is 19.2 Å². The second-order valence-electron chi connectivity index (χ2n) is 3.18. The van der Waals surface area contributed by atoms with E-state index in [1.54, 1.807) is 0 Å². The third-order valence-corrected chi connectivity index (χ3v) is 2.88. The van der Waals surface area contributed by atoms with Gasteiger partial charge in [-0.2, -0.15) is 0 Å². The molecule has 74 valence electrons. The molecule has 0 radical (unpaired) electrons. The van der Waals surface area contributed by atoms with Crippen LogP contribution in [0.4, 0.5) is 5.13 Å². The number of anilines is 1. The molecule has 0 fully saturated rings. The fourth-order valence-electron chi connectivity index (χ4n) is 0.765. The minimum Gasteiger partial charge on any atom is -0.275 e. The molecule has 13 heavy (non-hydrogen) atoms. The maximum Gasteiger partial charge on any atom is 0.195 e. The van der Waals surface area contributed by atoms with Crippen molar-refractivity contribution in [2.75, 3.05) is 11.0 Å². The number of thiazole rings is 1. The Morgan fingerprint density at radius 2 is 2.31 bits per heavy atom. The summed E-state index contributed by atoms with van der Waals surface area (Å²) in [5.74, 6) is 0.366. The van der Waals surface area contributed by atoms with Gasteiger partial charge in [-0.3, -0.25) is 4.72 Å². The van der Waals surface area contributed by atoms with Gasteiger partial charge in [0.25, 0.3) is 0 Å². The number of hydrogen-bond acceptors (Lipinski definition) is 4. The van der Waals surface area contributed by atoms with Gasteiger partial charge in [-0.25, -0.2) is 14.0 Å². The maximum absolute atomic E-state index is 11.1. The highest BCUT2D eigenvalue weighted by Gasteiger charge is 2.06. The van der Waals surface area contributed by atoms with Gasteiger partial charge in [0, 0.05) is 11.6 Å². The van der Waals surface area contributed by atoms with Crippen molar-refractivity contribution in [2.45, 2.75) is 19.8 Å². The summed E-state index contributed by atoms with van der Waals surface area (Å²) in [6.45, 7) is 4.09. The van der Waals surface area contributed by atoms with Gasteiger partial charge < -0.3 is 0 Å². The Morgan fingerprint density at radius 1 is 1.69 bits per heavy atom. The van der Waals surface area contributed by atoms with Crippen molar-refractivity contribution < 1.29 is 4.21 Å². The summed E-state index contributed by atoms with van der Waals surface area (Å²) in [4.78, 5) is 4.20. The zero-order valence-electron chi connectivity index (χ0n) is 7.83. The molecule has 1 heterocycles.